The number of rotatable bonds is 3. The molecule has 130 valence electrons. The minimum absolute atomic E-state index is 0.0736. The van der Waals surface area contributed by atoms with Gasteiger partial charge in [0.2, 0.25) is 0 Å². The zero-order valence-electron chi connectivity index (χ0n) is 14.5. The van der Waals surface area contributed by atoms with Gasteiger partial charge < -0.3 is 0 Å². The second kappa shape index (κ2) is 6.50. The maximum atomic E-state index is 13.1. The van der Waals surface area contributed by atoms with E-state index < -0.39 is 0 Å². The van der Waals surface area contributed by atoms with Crippen LogP contribution >= 0.6 is 11.3 Å². The molecule has 0 unspecified atom stereocenters. The molecule has 0 aliphatic heterocycles. The highest BCUT2D eigenvalue weighted by atomic mass is 32.1. The maximum absolute atomic E-state index is 13.1. The summed E-state index contributed by atoms with van der Waals surface area (Å²) in [5.74, 6) is -0.287. The SMILES string of the molecule is Cc1ccc(-c2csc3ncn(Cc4ccc(F)cc4)c(=O)c23)c(C)c1. The van der Waals surface area contributed by atoms with E-state index in [0.29, 0.717) is 11.9 Å². The Bertz CT molecular complexity index is 1160. The number of nitrogens with zero attached hydrogens (tertiary/aromatic N) is 2. The largest absolute Gasteiger partial charge is 0.294 e. The van der Waals surface area contributed by atoms with E-state index in [1.807, 2.05) is 5.38 Å². The fourth-order valence-electron chi connectivity index (χ4n) is 3.18. The summed E-state index contributed by atoms with van der Waals surface area (Å²) in [6.07, 6.45) is 1.57. The number of halogens is 1. The maximum Gasteiger partial charge on any atom is 0.263 e. The molecule has 2 aromatic heterocycles. The lowest BCUT2D eigenvalue weighted by Gasteiger charge is -2.08. The first-order chi connectivity index (χ1) is 12.5. The van der Waals surface area contributed by atoms with E-state index >= 15 is 0 Å². The highest BCUT2D eigenvalue weighted by Crippen LogP contribution is 2.33. The quantitative estimate of drug-likeness (QED) is 0.517. The van der Waals surface area contributed by atoms with E-state index in [2.05, 4.69) is 37.0 Å². The van der Waals surface area contributed by atoms with E-state index in [0.717, 1.165) is 27.1 Å². The number of hydrogen-bond acceptors (Lipinski definition) is 3. The van der Waals surface area contributed by atoms with Crippen molar-refractivity contribution >= 4 is 21.6 Å². The van der Waals surface area contributed by atoms with Crippen molar-refractivity contribution in [2.75, 3.05) is 0 Å². The topological polar surface area (TPSA) is 34.9 Å². The van der Waals surface area contributed by atoms with Gasteiger partial charge in [-0.25, -0.2) is 9.37 Å². The molecule has 0 fully saturated rings. The lowest BCUT2D eigenvalue weighted by Crippen LogP contribution is -2.21. The summed E-state index contributed by atoms with van der Waals surface area (Å²) in [6, 6.07) is 12.4. The smallest absolute Gasteiger partial charge is 0.263 e. The summed E-state index contributed by atoms with van der Waals surface area (Å²) in [4.78, 5) is 18.3. The van der Waals surface area contributed by atoms with Gasteiger partial charge in [-0.1, -0.05) is 35.9 Å². The Labute approximate surface area is 154 Å². The number of hydrogen-bond donors (Lipinski definition) is 0. The van der Waals surface area contributed by atoms with E-state index in [1.165, 1.54) is 29.0 Å². The first-order valence-corrected chi connectivity index (χ1v) is 9.19. The molecule has 0 atom stereocenters. The van der Waals surface area contributed by atoms with Gasteiger partial charge in [0.25, 0.3) is 5.56 Å². The van der Waals surface area contributed by atoms with Crippen LogP contribution in [-0.4, -0.2) is 9.55 Å². The molecule has 0 bridgehead atoms. The molecule has 0 aliphatic carbocycles. The van der Waals surface area contributed by atoms with Crippen LogP contribution in [0.4, 0.5) is 4.39 Å². The van der Waals surface area contributed by atoms with Crippen LogP contribution in [0.1, 0.15) is 16.7 Å². The zero-order chi connectivity index (χ0) is 18.3. The molecule has 26 heavy (non-hydrogen) atoms. The molecule has 0 amide bonds. The van der Waals surface area contributed by atoms with Gasteiger partial charge in [0.1, 0.15) is 10.6 Å². The minimum Gasteiger partial charge on any atom is -0.294 e. The Morgan fingerprint density at radius 3 is 2.58 bits per heavy atom. The van der Waals surface area contributed by atoms with Crippen LogP contribution < -0.4 is 5.56 Å². The normalized spacial score (nSPS) is 11.2. The average molecular weight is 364 g/mol. The van der Waals surface area contributed by atoms with Gasteiger partial charge in [0.05, 0.1) is 18.3 Å². The van der Waals surface area contributed by atoms with Crippen LogP contribution in [0.5, 0.6) is 0 Å². The van der Waals surface area contributed by atoms with Crippen LogP contribution in [0.25, 0.3) is 21.3 Å². The van der Waals surface area contributed by atoms with Crippen molar-refractivity contribution in [1.29, 1.82) is 0 Å². The third kappa shape index (κ3) is 2.95. The van der Waals surface area contributed by atoms with Crippen LogP contribution in [0.3, 0.4) is 0 Å². The average Bonchev–Trinajstić information content (AvgIpc) is 3.04. The molecule has 4 rings (SSSR count). The summed E-state index contributed by atoms with van der Waals surface area (Å²) >= 11 is 1.48. The number of thiophene rings is 1. The van der Waals surface area contributed by atoms with E-state index in [1.54, 1.807) is 23.0 Å². The molecule has 0 saturated carbocycles. The van der Waals surface area contributed by atoms with Crippen molar-refractivity contribution in [2.45, 2.75) is 20.4 Å². The van der Waals surface area contributed by atoms with Gasteiger partial charge in [0, 0.05) is 10.9 Å². The van der Waals surface area contributed by atoms with Crippen molar-refractivity contribution in [3.63, 3.8) is 0 Å². The third-order valence-corrected chi connectivity index (χ3v) is 5.39. The Kier molecular flexibility index (Phi) is 4.17. The van der Waals surface area contributed by atoms with Crippen LogP contribution in [0, 0.1) is 19.7 Å². The highest BCUT2D eigenvalue weighted by molar-refractivity contribution is 7.17. The van der Waals surface area contributed by atoms with Crippen molar-refractivity contribution < 1.29 is 4.39 Å². The Hall–Kier alpha value is -2.79. The van der Waals surface area contributed by atoms with E-state index in [9.17, 15) is 9.18 Å². The Morgan fingerprint density at radius 1 is 1.08 bits per heavy atom. The number of aryl methyl sites for hydroxylation is 2. The van der Waals surface area contributed by atoms with Crippen molar-refractivity contribution in [1.82, 2.24) is 9.55 Å². The highest BCUT2D eigenvalue weighted by Gasteiger charge is 2.15. The zero-order valence-corrected chi connectivity index (χ0v) is 15.3. The van der Waals surface area contributed by atoms with Crippen LogP contribution in [-0.2, 0) is 6.54 Å². The molecule has 3 nitrogen and oxygen atoms in total. The summed E-state index contributed by atoms with van der Waals surface area (Å²) in [7, 11) is 0. The van der Waals surface area contributed by atoms with Gasteiger partial charge >= 0.3 is 0 Å². The molecule has 0 spiro atoms. The predicted octanol–water partition coefficient (Wildman–Crippen LogP) is 4.93. The van der Waals surface area contributed by atoms with Gasteiger partial charge in [0.15, 0.2) is 0 Å². The van der Waals surface area contributed by atoms with Crippen LogP contribution in [0.2, 0.25) is 0 Å². The summed E-state index contributed by atoms with van der Waals surface area (Å²) in [5, 5.41) is 2.64. The fraction of sp³-hybridized carbons (Fsp3) is 0.143. The van der Waals surface area contributed by atoms with Crippen molar-refractivity contribution in [3.05, 3.63) is 87.0 Å². The van der Waals surface area contributed by atoms with Crippen LogP contribution in [0.15, 0.2) is 59.0 Å². The minimum atomic E-state index is -0.287. The molecule has 0 aliphatic rings. The standard InChI is InChI=1S/C21H17FN2OS/c1-13-3-8-17(14(2)9-13)18-11-26-20-19(18)21(25)24(12-23-20)10-15-4-6-16(22)7-5-15/h3-9,11-12H,10H2,1-2H3. The molecule has 2 aromatic carbocycles. The second-order valence-corrected chi connectivity index (χ2v) is 7.31. The van der Waals surface area contributed by atoms with E-state index in [-0.39, 0.29) is 11.4 Å². The second-order valence-electron chi connectivity index (χ2n) is 6.45. The number of benzene rings is 2. The summed E-state index contributed by atoms with van der Waals surface area (Å²) in [6.45, 7) is 4.48. The van der Waals surface area contributed by atoms with Gasteiger partial charge in [-0.3, -0.25) is 9.36 Å². The molecule has 0 N–H and O–H groups in total. The lowest BCUT2D eigenvalue weighted by molar-refractivity contribution is 0.626. The van der Waals surface area contributed by atoms with Crippen molar-refractivity contribution in [3.8, 4) is 11.1 Å². The van der Waals surface area contributed by atoms with Gasteiger partial charge in [-0.15, -0.1) is 11.3 Å². The summed E-state index contributed by atoms with van der Waals surface area (Å²) in [5.41, 5.74) is 5.10. The Morgan fingerprint density at radius 2 is 1.85 bits per heavy atom. The van der Waals surface area contributed by atoms with Gasteiger partial charge in [-0.2, -0.15) is 0 Å². The molecule has 0 radical (unpaired) electrons. The molecular formula is C21H17FN2OS. The van der Waals surface area contributed by atoms with Crippen molar-refractivity contribution in [2.24, 2.45) is 0 Å². The van der Waals surface area contributed by atoms with Gasteiger partial charge in [-0.05, 0) is 42.7 Å². The molecule has 2 heterocycles. The first-order valence-electron chi connectivity index (χ1n) is 8.31. The molecule has 0 saturated heterocycles. The lowest BCUT2D eigenvalue weighted by atomic mass is 9.99. The van der Waals surface area contributed by atoms with E-state index in [4.69, 9.17) is 0 Å². The number of aromatic nitrogens is 2. The molecule has 5 heteroatoms. The first kappa shape index (κ1) is 16.7. The monoisotopic (exact) mass is 364 g/mol. The Balaban J connectivity index is 1.84. The fourth-order valence-corrected chi connectivity index (χ4v) is 4.08. The summed E-state index contributed by atoms with van der Waals surface area (Å²) < 4.78 is 14.7. The number of fused-ring (bicyclic) bond motifs is 1. The molecular weight excluding hydrogens is 347 g/mol. The third-order valence-electron chi connectivity index (χ3n) is 4.50. The predicted molar refractivity (Wildman–Crippen MR) is 104 cm³/mol. The molecule has 4 aromatic rings.